The van der Waals surface area contributed by atoms with E-state index in [1.165, 1.54) is 52.2 Å². The molecule has 0 atom stereocenters. The first-order valence-corrected chi connectivity index (χ1v) is 13.3. The Balaban J connectivity index is 1.31. The first kappa shape index (κ1) is 27.1. The Hall–Kier alpha value is -4.51. The zero-order valence-electron chi connectivity index (χ0n) is 21.9. The summed E-state index contributed by atoms with van der Waals surface area (Å²) in [6.45, 7) is 6.41. The molecular weight excluding hydrogens is 537 g/mol. The molecule has 0 fully saturated rings. The van der Waals surface area contributed by atoms with Crippen LogP contribution in [0.3, 0.4) is 0 Å². The zero-order valence-corrected chi connectivity index (χ0v) is 22.7. The van der Waals surface area contributed by atoms with Crippen LogP contribution in [-0.4, -0.2) is 31.9 Å². The maximum Gasteiger partial charge on any atom is 0.573 e. The van der Waals surface area contributed by atoms with Gasteiger partial charge in [0, 0.05) is 16.6 Å². The molecule has 5 rings (SSSR count). The number of para-hydroxylation sites is 1. The smallest absolute Gasteiger partial charge is 0.406 e. The third-order valence-corrected chi connectivity index (χ3v) is 6.96. The van der Waals surface area contributed by atoms with Crippen molar-refractivity contribution in [2.24, 2.45) is 10.2 Å². The lowest BCUT2D eigenvalue weighted by atomic mass is 10.0. The van der Waals surface area contributed by atoms with Crippen LogP contribution in [-0.2, 0) is 0 Å². The van der Waals surface area contributed by atoms with Gasteiger partial charge in [-0.15, -0.1) is 34.7 Å². The normalized spacial score (nSPS) is 12.5. The van der Waals surface area contributed by atoms with Gasteiger partial charge in [-0.05, 0) is 54.3 Å². The molecule has 0 bridgehead atoms. The van der Waals surface area contributed by atoms with E-state index in [1.54, 1.807) is 6.21 Å². The van der Waals surface area contributed by atoms with Gasteiger partial charge in [-0.1, -0.05) is 56.3 Å². The molecule has 204 valence electrons. The fraction of sp³-hybridized carbons (Fsp3) is 0.172. The van der Waals surface area contributed by atoms with Gasteiger partial charge in [-0.3, -0.25) is 4.57 Å². The van der Waals surface area contributed by atoms with Gasteiger partial charge in [0.2, 0.25) is 4.80 Å². The van der Waals surface area contributed by atoms with Gasteiger partial charge < -0.3 is 4.74 Å². The minimum absolute atomic E-state index is 0.301. The quantitative estimate of drug-likeness (QED) is 0.158. The Labute approximate surface area is 232 Å². The van der Waals surface area contributed by atoms with E-state index in [0.29, 0.717) is 17.4 Å². The molecule has 0 saturated heterocycles. The van der Waals surface area contributed by atoms with Crippen molar-refractivity contribution in [3.8, 4) is 28.5 Å². The monoisotopic (exact) mass is 562 g/mol. The zero-order chi connectivity index (χ0) is 28.3. The number of hydrogen-bond donors (Lipinski definition) is 0. The molecule has 0 N–H and O–H groups in total. The van der Waals surface area contributed by atoms with Crippen molar-refractivity contribution >= 4 is 17.6 Å². The maximum atomic E-state index is 12.4. The highest BCUT2D eigenvalue weighted by molar-refractivity contribution is 7.07. The highest BCUT2D eigenvalue weighted by Gasteiger charge is 2.31. The van der Waals surface area contributed by atoms with Crippen LogP contribution >= 0.6 is 11.3 Å². The van der Waals surface area contributed by atoms with Gasteiger partial charge in [0.15, 0.2) is 5.82 Å². The molecule has 0 amide bonds. The lowest BCUT2D eigenvalue weighted by molar-refractivity contribution is -0.274. The highest BCUT2D eigenvalue weighted by atomic mass is 32.1. The second kappa shape index (κ2) is 11.3. The van der Waals surface area contributed by atoms with Gasteiger partial charge in [0.1, 0.15) is 12.1 Å². The van der Waals surface area contributed by atoms with Gasteiger partial charge in [0.25, 0.3) is 0 Å². The largest absolute Gasteiger partial charge is 0.573 e. The van der Waals surface area contributed by atoms with Crippen molar-refractivity contribution in [2.75, 3.05) is 0 Å². The minimum atomic E-state index is -4.74. The maximum absolute atomic E-state index is 12.4. The molecule has 0 aliphatic heterocycles. The number of hydrogen-bond acceptors (Lipinski definition) is 6. The number of benzene rings is 3. The van der Waals surface area contributed by atoms with Crippen LogP contribution in [0.15, 0.2) is 94.7 Å². The topological polar surface area (TPSA) is 69.6 Å². The number of rotatable bonds is 7. The number of halogens is 3. The summed E-state index contributed by atoms with van der Waals surface area (Å²) in [6.07, 6.45) is -1.55. The molecule has 2 aromatic heterocycles. The summed E-state index contributed by atoms with van der Waals surface area (Å²) in [6, 6.07) is 21.2. The van der Waals surface area contributed by atoms with Gasteiger partial charge >= 0.3 is 6.36 Å². The summed E-state index contributed by atoms with van der Waals surface area (Å²) in [5, 5.41) is 15.3. The van der Waals surface area contributed by atoms with Crippen molar-refractivity contribution in [3.05, 3.63) is 106 Å². The first-order chi connectivity index (χ1) is 19.2. The molecule has 7 nitrogen and oxygen atoms in total. The molecule has 0 spiro atoms. The molecule has 11 heteroatoms. The Morgan fingerprint density at radius 3 is 2.40 bits per heavy atom. The van der Waals surface area contributed by atoms with Crippen molar-refractivity contribution in [2.45, 2.75) is 33.1 Å². The standard InChI is InChI=1S/C29H25F3N6OS/c1-19(2)25-6-4-5-7-26(25)38-20(3)17-40-28(38)35-34-16-21-8-10-22(11-9-21)27-33-18-37(36-27)23-12-14-24(15-13-23)39-29(30,31)32/h4-19H,1-3H3. The average molecular weight is 563 g/mol. The van der Waals surface area contributed by atoms with E-state index < -0.39 is 6.36 Å². The molecule has 0 aliphatic rings. The van der Waals surface area contributed by atoms with E-state index in [0.717, 1.165) is 27.3 Å². The Morgan fingerprint density at radius 2 is 1.70 bits per heavy atom. The molecule has 40 heavy (non-hydrogen) atoms. The van der Waals surface area contributed by atoms with Crippen LogP contribution in [0.4, 0.5) is 13.2 Å². The molecular formula is C29H25F3N6OS. The molecule has 5 aromatic rings. The Morgan fingerprint density at radius 1 is 0.975 bits per heavy atom. The fourth-order valence-electron chi connectivity index (χ4n) is 4.12. The second-order valence-corrected chi connectivity index (χ2v) is 10.1. The molecule has 3 aromatic carbocycles. The Kier molecular flexibility index (Phi) is 7.65. The van der Waals surface area contributed by atoms with Crippen molar-refractivity contribution in [1.29, 1.82) is 0 Å². The third kappa shape index (κ3) is 6.20. The lowest BCUT2D eigenvalue weighted by Gasteiger charge is -2.14. The van der Waals surface area contributed by atoms with Crippen LogP contribution < -0.4 is 9.54 Å². The van der Waals surface area contributed by atoms with Gasteiger partial charge in [0.05, 0.1) is 17.6 Å². The number of aryl methyl sites for hydroxylation is 1. The van der Waals surface area contributed by atoms with Crippen molar-refractivity contribution in [3.63, 3.8) is 0 Å². The average Bonchev–Trinajstić information content (AvgIpc) is 3.56. The third-order valence-electron chi connectivity index (χ3n) is 6.02. The number of thiazole rings is 1. The summed E-state index contributed by atoms with van der Waals surface area (Å²) < 4.78 is 44.7. The number of ether oxygens (including phenoxy) is 1. The predicted molar refractivity (Wildman–Crippen MR) is 149 cm³/mol. The van der Waals surface area contributed by atoms with E-state index in [4.69, 9.17) is 0 Å². The summed E-state index contributed by atoms with van der Waals surface area (Å²) in [5.41, 5.74) is 5.63. The SMILES string of the molecule is Cc1csc(=NN=Cc2ccc(-c3ncn(-c4ccc(OC(F)(F)F)cc4)n3)cc2)n1-c1ccccc1C(C)C. The number of nitrogens with zero attached hydrogens (tertiary/aromatic N) is 6. The summed E-state index contributed by atoms with van der Waals surface area (Å²) in [4.78, 5) is 5.11. The van der Waals surface area contributed by atoms with E-state index in [2.05, 4.69) is 67.9 Å². The molecule has 0 unspecified atom stereocenters. The van der Waals surface area contributed by atoms with E-state index >= 15 is 0 Å². The predicted octanol–water partition coefficient (Wildman–Crippen LogP) is 7.05. The molecule has 0 radical (unpaired) electrons. The Bertz CT molecular complexity index is 1700. The van der Waals surface area contributed by atoms with E-state index in [9.17, 15) is 13.2 Å². The lowest BCUT2D eigenvalue weighted by Crippen LogP contribution is -2.17. The van der Waals surface area contributed by atoms with Crippen LogP contribution in [0, 0.1) is 6.92 Å². The van der Waals surface area contributed by atoms with Crippen LogP contribution in [0.1, 0.15) is 36.6 Å². The van der Waals surface area contributed by atoms with Crippen LogP contribution in [0.25, 0.3) is 22.8 Å². The number of alkyl halides is 3. The van der Waals surface area contributed by atoms with E-state index in [-0.39, 0.29) is 5.75 Å². The number of aromatic nitrogens is 4. The molecule has 0 aliphatic carbocycles. The van der Waals surface area contributed by atoms with Crippen molar-refractivity contribution < 1.29 is 17.9 Å². The van der Waals surface area contributed by atoms with E-state index in [1.807, 2.05) is 36.4 Å². The fourth-order valence-corrected chi connectivity index (χ4v) is 4.94. The summed E-state index contributed by atoms with van der Waals surface area (Å²) in [7, 11) is 0. The second-order valence-electron chi connectivity index (χ2n) is 9.23. The van der Waals surface area contributed by atoms with Crippen molar-refractivity contribution in [1.82, 2.24) is 19.3 Å². The van der Waals surface area contributed by atoms with Gasteiger partial charge in [-0.25, -0.2) is 9.67 Å². The summed E-state index contributed by atoms with van der Waals surface area (Å²) >= 11 is 1.54. The molecule has 2 heterocycles. The van der Waals surface area contributed by atoms with Gasteiger partial charge in [-0.2, -0.15) is 5.10 Å². The molecule has 0 saturated carbocycles. The minimum Gasteiger partial charge on any atom is -0.406 e. The van der Waals surface area contributed by atoms with Crippen LogP contribution in [0.2, 0.25) is 0 Å². The first-order valence-electron chi connectivity index (χ1n) is 12.4. The highest BCUT2D eigenvalue weighted by Crippen LogP contribution is 2.25. The summed E-state index contributed by atoms with van der Waals surface area (Å²) in [5.74, 6) is 0.546. The van der Waals surface area contributed by atoms with Crippen LogP contribution in [0.5, 0.6) is 5.75 Å².